The van der Waals surface area contributed by atoms with Crippen molar-refractivity contribution in [2.24, 2.45) is 0 Å². The molecule has 0 fully saturated rings. The number of aromatic amines is 1. The van der Waals surface area contributed by atoms with Crippen molar-refractivity contribution in [2.45, 2.75) is 6.92 Å². The summed E-state index contributed by atoms with van der Waals surface area (Å²) in [7, 11) is 0. The summed E-state index contributed by atoms with van der Waals surface area (Å²) in [5.41, 5.74) is 0.922. The van der Waals surface area contributed by atoms with Gasteiger partial charge in [0.2, 0.25) is 0 Å². The summed E-state index contributed by atoms with van der Waals surface area (Å²) in [5, 5.41) is 11.5. The van der Waals surface area contributed by atoms with E-state index in [2.05, 4.69) is 28.3 Å². The number of hydrogen-bond acceptors (Lipinski definition) is 3. The van der Waals surface area contributed by atoms with Crippen molar-refractivity contribution in [2.75, 3.05) is 0 Å². The average Bonchev–Trinajstić information content (AvgIpc) is 2.54. The third-order valence-corrected chi connectivity index (χ3v) is 1.97. The van der Waals surface area contributed by atoms with E-state index in [0.717, 1.165) is 17.2 Å². The number of aromatic nitrogens is 3. The first-order valence-electron chi connectivity index (χ1n) is 3.76. The Balaban J connectivity index is 2.89. The molecule has 0 saturated carbocycles. The van der Waals surface area contributed by atoms with Crippen LogP contribution in [-0.4, -0.2) is 15.2 Å². The largest absolute Gasteiger partial charge is 0.325 e. The Labute approximate surface area is 81.7 Å². The summed E-state index contributed by atoms with van der Waals surface area (Å²) >= 11 is 1.49. The van der Waals surface area contributed by atoms with Crippen LogP contribution in [0.15, 0.2) is 30.0 Å². The zero-order valence-electron chi connectivity index (χ0n) is 7.45. The maximum absolute atomic E-state index is 3.95. The van der Waals surface area contributed by atoms with Gasteiger partial charge in [0.25, 0.3) is 0 Å². The summed E-state index contributed by atoms with van der Waals surface area (Å²) in [4.78, 5) is 3.03. The van der Waals surface area contributed by atoms with Crippen LogP contribution >= 0.6 is 11.8 Å². The van der Waals surface area contributed by atoms with Gasteiger partial charge in [-0.3, -0.25) is 0 Å². The molecule has 0 aliphatic rings. The molecule has 1 rings (SSSR count). The van der Waals surface area contributed by atoms with Crippen LogP contribution in [0.3, 0.4) is 0 Å². The van der Waals surface area contributed by atoms with E-state index in [9.17, 15) is 0 Å². The lowest BCUT2D eigenvalue weighted by Gasteiger charge is -1.93. The summed E-state index contributed by atoms with van der Waals surface area (Å²) in [6.07, 6.45) is 1.73. The smallest absolute Gasteiger partial charge is 0.161 e. The summed E-state index contributed by atoms with van der Waals surface area (Å²) < 4.78 is 0. The Morgan fingerprint density at radius 2 is 2.23 bits per heavy atom. The fraction of sp³-hybridized carbons (Fsp3) is 0.111. The molecule has 0 amide bonds. The Kier molecular flexibility index (Phi) is 3.52. The number of aryl methyl sites for hydroxylation is 1. The highest BCUT2D eigenvalue weighted by molar-refractivity contribution is 8.05. The minimum Gasteiger partial charge on any atom is -0.325 e. The topological polar surface area (TPSA) is 41.6 Å². The highest BCUT2D eigenvalue weighted by Gasteiger charge is 2.01. The van der Waals surface area contributed by atoms with Crippen LogP contribution in [0, 0.1) is 6.92 Å². The van der Waals surface area contributed by atoms with Crippen LogP contribution in [0.4, 0.5) is 0 Å². The van der Waals surface area contributed by atoms with Gasteiger partial charge in [-0.25, -0.2) is 0 Å². The fourth-order valence-corrected chi connectivity index (χ4v) is 1.25. The van der Waals surface area contributed by atoms with Gasteiger partial charge in [0.1, 0.15) is 5.82 Å². The first kappa shape index (κ1) is 9.80. The molecule has 4 heteroatoms. The lowest BCUT2D eigenvalue weighted by atomic mass is 10.3. The van der Waals surface area contributed by atoms with E-state index in [1.54, 1.807) is 11.5 Å². The van der Waals surface area contributed by atoms with Crippen LogP contribution in [-0.2, 0) is 0 Å². The molecular weight excluding hydrogens is 182 g/mol. The minimum absolute atomic E-state index is 0.738. The molecular formula is C9H11N3S. The summed E-state index contributed by atoms with van der Waals surface area (Å²) in [5.74, 6) is 1.54. The number of allylic oxidation sites excluding steroid dienone is 2. The molecule has 0 bridgehead atoms. The molecule has 1 aromatic rings. The molecule has 0 radical (unpaired) electrons. The zero-order valence-corrected chi connectivity index (χ0v) is 8.27. The first-order valence-corrected chi connectivity index (χ1v) is 4.71. The van der Waals surface area contributed by atoms with E-state index < -0.39 is 0 Å². The quantitative estimate of drug-likeness (QED) is 0.747. The molecule has 1 heterocycles. The van der Waals surface area contributed by atoms with Gasteiger partial charge in [-0.1, -0.05) is 19.2 Å². The Morgan fingerprint density at radius 1 is 1.46 bits per heavy atom. The Hall–Kier alpha value is -1.29. The summed E-state index contributed by atoms with van der Waals surface area (Å²) in [6.45, 7) is 9.16. The molecule has 68 valence electrons. The highest BCUT2D eigenvalue weighted by atomic mass is 32.2. The minimum atomic E-state index is 0.738. The van der Waals surface area contributed by atoms with E-state index in [-0.39, 0.29) is 0 Å². The maximum Gasteiger partial charge on any atom is 0.161 e. The van der Waals surface area contributed by atoms with Gasteiger partial charge < -0.3 is 4.98 Å². The Morgan fingerprint density at radius 3 is 2.69 bits per heavy atom. The molecule has 13 heavy (non-hydrogen) atoms. The van der Waals surface area contributed by atoms with E-state index in [4.69, 9.17) is 0 Å². The van der Waals surface area contributed by atoms with Gasteiger partial charge in [0.05, 0.1) is 0 Å². The van der Waals surface area contributed by atoms with E-state index >= 15 is 0 Å². The summed E-state index contributed by atoms with van der Waals surface area (Å²) in [6, 6.07) is 0. The first-order chi connectivity index (χ1) is 6.27. The van der Waals surface area contributed by atoms with Crippen molar-refractivity contribution in [3.8, 4) is 0 Å². The molecule has 0 saturated heterocycles. The molecule has 0 spiro atoms. The van der Waals surface area contributed by atoms with Gasteiger partial charge in [0, 0.05) is 5.57 Å². The van der Waals surface area contributed by atoms with Crippen molar-refractivity contribution >= 4 is 17.3 Å². The standard InChI is InChI=1S/C9H11N3S/c1-4-8(6-13-5-2)9-10-7(3)11-12-9/h4-6H,1-2H2,3H3,(H,10,11,12)/b8-6+. The number of thioether (sulfide) groups is 1. The normalized spacial score (nSPS) is 11.3. The van der Waals surface area contributed by atoms with Crippen molar-refractivity contribution in [1.29, 1.82) is 0 Å². The van der Waals surface area contributed by atoms with E-state index in [0.29, 0.717) is 0 Å². The molecule has 1 N–H and O–H groups in total. The molecule has 0 atom stereocenters. The van der Waals surface area contributed by atoms with Gasteiger partial charge in [-0.2, -0.15) is 0 Å². The SMILES string of the molecule is C=CS/C=C(\C=C)c1nnc(C)[nH]1. The molecule has 1 aromatic heterocycles. The second-order valence-electron chi connectivity index (χ2n) is 2.34. The number of nitrogens with one attached hydrogen (secondary N) is 1. The number of H-pyrrole nitrogens is 1. The fourth-order valence-electron chi connectivity index (χ4n) is 0.798. The molecule has 0 aliphatic carbocycles. The van der Waals surface area contributed by atoms with Crippen molar-refractivity contribution < 1.29 is 0 Å². The predicted octanol–water partition coefficient (Wildman–Crippen LogP) is 2.52. The average molecular weight is 193 g/mol. The van der Waals surface area contributed by atoms with E-state index in [1.165, 1.54) is 11.8 Å². The van der Waals surface area contributed by atoms with Crippen molar-refractivity contribution in [1.82, 2.24) is 15.2 Å². The van der Waals surface area contributed by atoms with E-state index in [1.807, 2.05) is 12.3 Å². The van der Waals surface area contributed by atoms with Crippen LogP contribution < -0.4 is 0 Å². The van der Waals surface area contributed by atoms with Crippen LogP contribution in [0.2, 0.25) is 0 Å². The number of nitrogens with zero attached hydrogens (tertiary/aromatic N) is 2. The predicted molar refractivity (Wildman–Crippen MR) is 57.1 cm³/mol. The monoisotopic (exact) mass is 193 g/mol. The number of hydrogen-bond donors (Lipinski definition) is 1. The molecule has 0 aliphatic heterocycles. The molecule has 0 unspecified atom stereocenters. The van der Waals surface area contributed by atoms with Crippen LogP contribution in [0.25, 0.3) is 5.57 Å². The Bertz CT molecular complexity index is 338. The van der Waals surface area contributed by atoms with Crippen molar-refractivity contribution in [3.05, 3.63) is 41.7 Å². The van der Waals surface area contributed by atoms with Crippen LogP contribution in [0.1, 0.15) is 11.6 Å². The third-order valence-electron chi connectivity index (χ3n) is 1.38. The molecule has 3 nitrogen and oxygen atoms in total. The van der Waals surface area contributed by atoms with Gasteiger partial charge in [-0.05, 0) is 17.7 Å². The maximum atomic E-state index is 3.95. The third kappa shape index (κ3) is 2.59. The zero-order chi connectivity index (χ0) is 9.68. The second kappa shape index (κ2) is 4.67. The van der Waals surface area contributed by atoms with Gasteiger partial charge in [0.15, 0.2) is 5.82 Å². The lowest BCUT2D eigenvalue weighted by molar-refractivity contribution is 1.03. The highest BCUT2D eigenvalue weighted by Crippen LogP contribution is 2.16. The van der Waals surface area contributed by atoms with Crippen LogP contribution in [0.5, 0.6) is 0 Å². The van der Waals surface area contributed by atoms with Crippen molar-refractivity contribution in [3.63, 3.8) is 0 Å². The molecule has 0 aromatic carbocycles. The van der Waals surface area contributed by atoms with Gasteiger partial charge in [-0.15, -0.1) is 22.0 Å². The second-order valence-corrected chi connectivity index (χ2v) is 3.18. The lowest BCUT2D eigenvalue weighted by Crippen LogP contribution is -1.82. The van der Waals surface area contributed by atoms with Gasteiger partial charge >= 0.3 is 0 Å². The number of rotatable bonds is 4.